The molecule has 1 N–H and O–H groups in total. The first-order valence-corrected chi connectivity index (χ1v) is 10.3. The van der Waals surface area contributed by atoms with Crippen LogP contribution in [0.25, 0.3) is 11.0 Å². The van der Waals surface area contributed by atoms with E-state index in [1.54, 1.807) is 0 Å². The first kappa shape index (κ1) is 20.2. The van der Waals surface area contributed by atoms with Crippen LogP contribution in [0.2, 0.25) is 0 Å². The van der Waals surface area contributed by atoms with Crippen LogP contribution in [-0.4, -0.2) is 43.1 Å². The highest BCUT2D eigenvalue weighted by molar-refractivity contribution is 5.86. The van der Waals surface area contributed by atoms with E-state index in [9.17, 15) is 9.59 Å². The Balaban J connectivity index is 0.00000205. The summed E-state index contributed by atoms with van der Waals surface area (Å²) in [6.45, 7) is 4.59. The number of benzene rings is 1. The molecule has 0 saturated carbocycles. The smallest absolute Gasteiger partial charge is 0.339 e. The Morgan fingerprint density at radius 2 is 2.07 bits per heavy atom. The maximum Gasteiger partial charge on any atom is 0.339 e. The SMILES string of the molecule is Cc1c(OCC(=O)N2C[C@@H]3CC[C@H]2CNC3)ccc2c3c(c(=O)oc12)CCC3.Cl. The van der Waals surface area contributed by atoms with Gasteiger partial charge in [-0.3, -0.25) is 4.79 Å². The van der Waals surface area contributed by atoms with Gasteiger partial charge in [-0.15, -0.1) is 12.4 Å². The molecule has 1 aromatic heterocycles. The second-order valence-electron chi connectivity index (χ2n) is 8.36. The summed E-state index contributed by atoms with van der Waals surface area (Å²) in [5.41, 5.74) is 3.08. The molecule has 1 amide bonds. The Labute approximate surface area is 176 Å². The van der Waals surface area contributed by atoms with Gasteiger partial charge in [-0.05, 0) is 69.2 Å². The van der Waals surface area contributed by atoms with E-state index in [0.717, 1.165) is 67.4 Å². The summed E-state index contributed by atoms with van der Waals surface area (Å²) in [7, 11) is 0. The third kappa shape index (κ3) is 3.53. The van der Waals surface area contributed by atoms with Gasteiger partial charge in [-0.1, -0.05) is 0 Å². The molecule has 0 radical (unpaired) electrons. The number of hydrogen-bond donors (Lipinski definition) is 1. The van der Waals surface area contributed by atoms with Crippen LogP contribution in [0, 0.1) is 12.8 Å². The zero-order chi connectivity index (χ0) is 19.3. The predicted molar refractivity (Wildman–Crippen MR) is 113 cm³/mol. The molecule has 6 nitrogen and oxygen atoms in total. The highest BCUT2D eigenvalue weighted by Crippen LogP contribution is 2.33. The highest BCUT2D eigenvalue weighted by atomic mass is 35.5. The first-order chi connectivity index (χ1) is 13.6. The molecule has 2 bridgehead atoms. The van der Waals surface area contributed by atoms with Gasteiger partial charge in [0.05, 0.1) is 0 Å². The maximum atomic E-state index is 12.8. The number of aryl methyl sites for hydroxylation is 2. The summed E-state index contributed by atoms with van der Waals surface area (Å²) < 4.78 is 11.5. The van der Waals surface area contributed by atoms with Gasteiger partial charge in [-0.2, -0.15) is 0 Å². The van der Waals surface area contributed by atoms with E-state index in [1.807, 2.05) is 24.0 Å². The summed E-state index contributed by atoms with van der Waals surface area (Å²) in [6, 6.07) is 4.14. The fourth-order valence-electron chi connectivity index (χ4n) is 5.08. The molecular formula is C22H27ClN2O4. The summed E-state index contributed by atoms with van der Waals surface area (Å²) in [4.78, 5) is 27.1. The van der Waals surface area contributed by atoms with Crippen LogP contribution < -0.4 is 15.7 Å². The van der Waals surface area contributed by atoms with Gasteiger partial charge in [0, 0.05) is 35.6 Å². The number of amides is 1. The van der Waals surface area contributed by atoms with Crippen molar-refractivity contribution in [1.82, 2.24) is 10.2 Å². The van der Waals surface area contributed by atoms with Crippen molar-refractivity contribution in [2.24, 2.45) is 5.92 Å². The van der Waals surface area contributed by atoms with Crippen LogP contribution in [0.15, 0.2) is 21.3 Å². The minimum atomic E-state index is -0.232. The van der Waals surface area contributed by atoms with Crippen LogP contribution in [-0.2, 0) is 17.6 Å². The lowest BCUT2D eigenvalue weighted by atomic mass is 9.95. The number of rotatable bonds is 3. The van der Waals surface area contributed by atoms with E-state index in [0.29, 0.717) is 17.3 Å². The Morgan fingerprint density at radius 1 is 1.24 bits per heavy atom. The van der Waals surface area contributed by atoms with Crippen molar-refractivity contribution in [3.05, 3.63) is 39.2 Å². The highest BCUT2D eigenvalue weighted by Gasteiger charge is 2.34. The fraction of sp³-hybridized carbons (Fsp3) is 0.545. The number of halogens is 1. The molecule has 3 fully saturated rings. The Kier molecular flexibility index (Phi) is 5.58. The van der Waals surface area contributed by atoms with Gasteiger partial charge in [0.2, 0.25) is 0 Å². The second kappa shape index (κ2) is 8.00. The van der Waals surface area contributed by atoms with Crippen LogP contribution in [0.3, 0.4) is 0 Å². The van der Waals surface area contributed by atoms with Crippen LogP contribution in [0.1, 0.15) is 36.0 Å². The van der Waals surface area contributed by atoms with Crippen molar-refractivity contribution in [3.63, 3.8) is 0 Å². The van der Waals surface area contributed by atoms with Crippen molar-refractivity contribution in [3.8, 4) is 5.75 Å². The molecule has 1 aromatic carbocycles. The Hall–Kier alpha value is -2.05. The standard InChI is InChI=1S/C22H26N2O4.ClH/c1-13-19(8-7-17-16-3-2-4-18(16)22(26)28-21(13)17)27-12-20(25)24-11-14-5-6-15(24)10-23-9-14;/h7-8,14-15,23H,2-6,9-12H2,1H3;1H/t14-,15+;/m1./s1. The van der Waals surface area contributed by atoms with Gasteiger partial charge in [-0.25, -0.2) is 4.79 Å². The zero-order valence-electron chi connectivity index (χ0n) is 16.7. The van der Waals surface area contributed by atoms with Crippen molar-refractivity contribution >= 4 is 29.3 Å². The molecule has 29 heavy (non-hydrogen) atoms. The van der Waals surface area contributed by atoms with Crippen molar-refractivity contribution in [2.45, 2.75) is 45.1 Å². The van der Waals surface area contributed by atoms with E-state index < -0.39 is 0 Å². The fourth-order valence-corrected chi connectivity index (χ4v) is 5.08. The molecule has 0 spiro atoms. The molecule has 6 rings (SSSR count). The number of hydrogen-bond acceptors (Lipinski definition) is 5. The summed E-state index contributed by atoms with van der Waals surface area (Å²) in [6.07, 6.45) is 4.97. The quantitative estimate of drug-likeness (QED) is 0.776. The van der Waals surface area contributed by atoms with Crippen molar-refractivity contribution in [1.29, 1.82) is 0 Å². The Bertz CT molecular complexity index is 998. The molecule has 3 saturated heterocycles. The molecule has 0 unspecified atom stereocenters. The number of carbonyl (C=O) groups excluding carboxylic acids is 1. The molecule has 2 aromatic rings. The number of nitrogens with zero attached hydrogens (tertiary/aromatic N) is 1. The van der Waals surface area contributed by atoms with E-state index in [2.05, 4.69) is 5.32 Å². The second-order valence-corrected chi connectivity index (χ2v) is 8.36. The molecular weight excluding hydrogens is 392 g/mol. The van der Waals surface area contributed by atoms with E-state index >= 15 is 0 Å². The molecule has 4 aliphatic rings. The summed E-state index contributed by atoms with van der Waals surface area (Å²) in [5, 5.41) is 4.45. The summed E-state index contributed by atoms with van der Waals surface area (Å²) in [5.74, 6) is 1.19. The normalized spacial score (nSPS) is 22.9. The monoisotopic (exact) mass is 418 g/mol. The van der Waals surface area contributed by atoms with Crippen LogP contribution >= 0.6 is 12.4 Å². The molecule has 2 atom stereocenters. The number of ether oxygens (including phenoxy) is 1. The van der Waals surface area contributed by atoms with Gasteiger partial charge in [0.1, 0.15) is 11.3 Å². The van der Waals surface area contributed by atoms with Crippen molar-refractivity contribution in [2.75, 3.05) is 26.2 Å². The minimum Gasteiger partial charge on any atom is -0.483 e. The average molecular weight is 419 g/mol. The lowest BCUT2D eigenvalue weighted by molar-refractivity contribution is -0.137. The minimum absolute atomic E-state index is 0. The first-order valence-electron chi connectivity index (χ1n) is 10.3. The number of carbonyl (C=O) groups is 1. The molecule has 3 aliphatic heterocycles. The topological polar surface area (TPSA) is 71.8 Å². The van der Waals surface area contributed by atoms with E-state index in [-0.39, 0.29) is 36.6 Å². The number of nitrogens with one attached hydrogen (secondary N) is 1. The lowest BCUT2D eigenvalue weighted by Crippen LogP contribution is -2.48. The van der Waals surface area contributed by atoms with Crippen LogP contribution in [0.4, 0.5) is 0 Å². The van der Waals surface area contributed by atoms with E-state index in [4.69, 9.17) is 9.15 Å². The predicted octanol–water partition coefficient (Wildman–Crippen LogP) is 2.60. The summed E-state index contributed by atoms with van der Waals surface area (Å²) >= 11 is 0. The molecule has 156 valence electrons. The third-order valence-corrected chi connectivity index (χ3v) is 6.63. The maximum absolute atomic E-state index is 12.8. The largest absolute Gasteiger partial charge is 0.483 e. The molecule has 4 heterocycles. The Morgan fingerprint density at radius 3 is 2.93 bits per heavy atom. The third-order valence-electron chi connectivity index (χ3n) is 6.63. The number of fused-ring (bicyclic) bond motifs is 7. The van der Waals surface area contributed by atoms with Gasteiger partial charge < -0.3 is 19.4 Å². The van der Waals surface area contributed by atoms with Gasteiger partial charge >= 0.3 is 5.63 Å². The molecule has 1 aliphatic carbocycles. The lowest BCUT2D eigenvalue weighted by Gasteiger charge is -2.36. The van der Waals surface area contributed by atoms with Crippen LogP contribution in [0.5, 0.6) is 5.75 Å². The number of piperidine rings is 1. The average Bonchev–Trinajstić information content (AvgIpc) is 2.98. The van der Waals surface area contributed by atoms with Gasteiger partial charge in [0.25, 0.3) is 5.91 Å². The van der Waals surface area contributed by atoms with E-state index in [1.165, 1.54) is 6.42 Å². The zero-order valence-corrected chi connectivity index (χ0v) is 17.5. The molecule has 7 heteroatoms. The van der Waals surface area contributed by atoms with Crippen molar-refractivity contribution < 1.29 is 13.9 Å². The van der Waals surface area contributed by atoms with Gasteiger partial charge in [0.15, 0.2) is 6.61 Å².